The molecule has 1 amide bonds. The van der Waals surface area contributed by atoms with Crippen LogP contribution < -0.4 is 11.1 Å². The van der Waals surface area contributed by atoms with E-state index >= 15 is 0 Å². The number of carbonyl (C=O) groups excluding carboxylic acids is 1. The summed E-state index contributed by atoms with van der Waals surface area (Å²) in [6.07, 6.45) is 0. The summed E-state index contributed by atoms with van der Waals surface area (Å²) < 4.78 is 15.2. The van der Waals surface area contributed by atoms with E-state index in [0.717, 1.165) is 0 Å². The van der Waals surface area contributed by atoms with Crippen molar-refractivity contribution < 1.29 is 9.18 Å². The van der Waals surface area contributed by atoms with Crippen LogP contribution in [0.25, 0.3) is 11.0 Å². The molecule has 108 valence electrons. The van der Waals surface area contributed by atoms with Gasteiger partial charge in [-0.25, -0.2) is 9.37 Å². The fraction of sp³-hybridized carbons (Fsp3) is 0.429. The number of benzene rings is 1. The van der Waals surface area contributed by atoms with Gasteiger partial charge in [0.25, 0.3) is 0 Å². The van der Waals surface area contributed by atoms with E-state index < -0.39 is 11.9 Å². The fourth-order valence-electron chi connectivity index (χ4n) is 2.08. The molecule has 5 nitrogen and oxygen atoms in total. The Labute approximate surface area is 117 Å². The SMILES string of the molecule is CC(C)CNC(=O)C(C)n1c(N)nc2c(F)cccc21. The monoisotopic (exact) mass is 278 g/mol. The van der Waals surface area contributed by atoms with E-state index in [4.69, 9.17) is 5.73 Å². The Morgan fingerprint density at radius 1 is 1.45 bits per heavy atom. The summed E-state index contributed by atoms with van der Waals surface area (Å²) >= 11 is 0. The molecule has 2 rings (SSSR count). The van der Waals surface area contributed by atoms with Gasteiger partial charge in [0.15, 0.2) is 5.82 Å². The van der Waals surface area contributed by atoms with Crippen molar-refractivity contribution in [3.05, 3.63) is 24.0 Å². The predicted octanol–water partition coefficient (Wildman–Crippen LogP) is 2.09. The van der Waals surface area contributed by atoms with Crippen molar-refractivity contribution in [3.8, 4) is 0 Å². The number of para-hydroxylation sites is 1. The smallest absolute Gasteiger partial charge is 0.242 e. The van der Waals surface area contributed by atoms with Crippen LogP contribution in [0.1, 0.15) is 26.8 Å². The second kappa shape index (κ2) is 5.48. The minimum Gasteiger partial charge on any atom is -0.369 e. The van der Waals surface area contributed by atoms with Crippen molar-refractivity contribution in [1.29, 1.82) is 0 Å². The number of nitrogens with one attached hydrogen (secondary N) is 1. The number of amides is 1. The van der Waals surface area contributed by atoms with Crippen molar-refractivity contribution >= 4 is 22.9 Å². The lowest BCUT2D eigenvalue weighted by atomic mass is 10.2. The third-order valence-electron chi connectivity index (χ3n) is 3.15. The van der Waals surface area contributed by atoms with Crippen LogP contribution >= 0.6 is 0 Å². The zero-order valence-electron chi connectivity index (χ0n) is 11.9. The minimum atomic E-state index is -0.541. The average Bonchev–Trinajstić information content (AvgIpc) is 2.73. The Morgan fingerprint density at radius 2 is 2.15 bits per heavy atom. The number of halogens is 1. The number of imidazole rings is 1. The molecule has 1 aromatic heterocycles. The standard InChI is InChI=1S/C14H19FN4O/c1-8(2)7-17-13(20)9(3)19-11-6-4-5-10(15)12(11)18-14(19)16/h4-6,8-9H,7H2,1-3H3,(H2,16,18)(H,17,20). The van der Waals surface area contributed by atoms with Crippen LogP contribution in [-0.4, -0.2) is 22.0 Å². The molecule has 0 aliphatic carbocycles. The fourth-order valence-corrected chi connectivity index (χ4v) is 2.08. The van der Waals surface area contributed by atoms with Gasteiger partial charge < -0.3 is 11.1 Å². The van der Waals surface area contributed by atoms with Crippen molar-refractivity contribution in [3.63, 3.8) is 0 Å². The van der Waals surface area contributed by atoms with Crippen LogP contribution in [0.15, 0.2) is 18.2 Å². The third-order valence-corrected chi connectivity index (χ3v) is 3.15. The molecule has 1 heterocycles. The molecule has 0 saturated heterocycles. The lowest BCUT2D eigenvalue weighted by molar-refractivity contribution is -0.123. The summed E-state index contributed by atoms with van der Waals surface area (Å²) in [6, 6.07) is 4.06. The predicted molar refractivity (Wildman–Crippen MR) is 76.7 cm³/mol. The minimum absolute atomic E-state index is 0.136. The van der Waals surface area contributed by atoms with E-state index in [1.54, 1.807) is 23.6 Å². The highest BCUT2D eigenvalue weighted by Gasteiger charge is 2.21. The number of nitrogens with zero attached hydrogens (tertiary/aromatic N) is 2. The number of nitrogens with two attached hydrogens (primary N) is 1. The molecule has 1 unspecified atom stereocenters. The second-order valence-corrected chi connectivity index (χ2v) is 5.26. The number of carbonyl (C=O) groups is 1. The Hall–Kier alpha value is -2.11. The van der Waals surface area contributed by atoms with Crippen molar-refractivity contribution in [2.45, 2.75) is 26.8 Å². The largest absolute Gasteiger partial charge is 0.369 e. The van der Waals surface area contributed by atoms with Gasteiger partial charge in [-0.1, -0.05) is 19.9 Å². The quantitative estimate of drug-likeness (QED) is 0.899. The molecule has 2 aromatic rings. The number of hydrogen-bond donors (Lipinski definition) is 2. The van der Waals surface area contributed by atoms with E-state index in [1.807, 2.05) is 13.8 Å². The summed E-state index contributed by atoms with van der Waals surface area (Å²) in [6.45, 7) is 6.34. The van der Waals surface area contributed by atoms with E-state index in [0.29, 0.717) is 18.0 Å². The Balaban J connectivity index is 2.35. The van der Waals surface area contributed by atoms with E-state index in [2.05, 4.69) is 10.3 Å². The normalized spacial score (nSPS) is 12.8. The molecular weight excluding hydrogens is 259 g/mol. The van der Waals surface area contributed by atoms with Gasteiger partial charge in [-0.3, -0.25) is 9.36 Å². The zero-order valence-corrected chi connectivity index (χ0v) is 11.9. The Morgan fingerprint density at radius 3 is 2.80 bits per heavy atom. The Bertz CT molecular complexity index is 635. The summed E-state index contributed by atoms with van der Waals surface area (Å²) in [4.78, 5) is 16.1. The molecule has 0 saturated carbocycles. The number of fused-ring (bicyclic) bond motifs is 1. The molecule has 1 atom stereocenters. The Kier molecular flexibility index (Phi) is 3.92. The number of nitrogen functional groups attached to an aromatic ring is 1. The van der Waals surface area contributed by atoms with Gasteiger partial charge in [0.1, 0.15) is 11.6 Å². The first-order valence-corrected chi connectivity index (χ1v) is 6.61. The third kappa shape index (κ3) is 2.59. The number of hydrogen-bond acceptors (Lipinski definition) is 3. The molecular formula is C14H19FN4O. The van der Waals surface area contributed by atoms with Crippen LogP contribution in [0.2, 0.25) is 0 Å². The molecule has 0 fully saturated rings. The van der Waals surface area contributed by atoms with E-state index in [1.165, 1.54) is 6.07 Å². The van der Waals surface area contributed by atoms with Crippen molar-refractivity contribution in [2.75, 3.05) is 12.3 Å². The van der Waals surface area contributed by atoms with E-state index in [-0.39, 0.29) is 17.4 Å². The molecule has 0 spiro atoms. The topological polar surface area (TPSA) is 72.9 Å². The molecule has 0 aliphatic heterocycles. The summed E-state index contributed by atoms with van der Waals surface area (Å²) in [5.74, 6) is -0.102. The van der Waals surface area contributed by atoms with Gasteiger partial charge in [0.2, 0.25) is 11.9 Å². The summed E-state index contributed by atoms with van der Waals surface area (Å²) in [7, 11) is 0. The molecule has 0 radical (unpaired) electrons. The van der Waals surface area contributed by atoms with Crippen LogP contribution in [0.5, 0.6) is 0 Å². The highest BCUT2D eigenvalue weighted by molar-refractivity contribution is 5.85. The highest BCUT2D eigenvalue weighted by atomic mass is 19.1. The van der Waals surface area contributed by atoms with Gasteiger partial charge in [-0.15, -0.1) is 0 Å². The molecule has 0 aliphatic rings. The van der Waals surface area contributed by atoms with Gasteiger partial charge >= 0.3 is 0 Å². The maximum absolute atomic E-state index is 13.7. The number of anilines is 1. The van der Waals surface area contributed by atoms with E-state index in [9.17, 15) is 9.18 Å². The van der Waals surface area contributed by atoms with Crippen LogP contribution in [0.3, 0.4) is 0 Å². The van der Waals surface area contributed by atoms with Crippen LogP contribution in [0.4, 0.5) is 10.3 Å². The number of aromatic nitrogens is 2. The average molecular weight is 278 g/mol. The molecule has 3 N–H and O–H groups in total. The molecule has 0 bridgehead atoms. The molecule has 20 heavy (non-hydrogen) atoms. The molecule has 1 aromatic carbocycles. The summed E-state index contributed by atoms with van der Waals surface area (Å²) in [5.41, 5.74) is 6.53. The highest BCUT2D eigenvalue weighted by Crippen LogP contribution is 2.24. The second-order valence-electron chi connectivity index (χ2n) is 5.26. The van der Waals surface area contributed by atoms with Crippen LogP contribution in [0, 0.1) is 11.7 Å². The van der Waals surface area contributed by atoms with Gasteiger partial charge in [-0.05, 0) is 25.0 Å². The maximum atomic E-state index is 13.7. The number of rotatable bonds is 4. The van der Waals surface area contributed by atoms with Crippen molar-refractivity contribution in [1.82, 2.24) is 14.9 Å². The first-order valence-electron chi connectivity index (χ1n) is 6.61. The maximum Gasteiger partial charge on any atom is 0.242 e. The van der Waals surface area contributed by atoms with Gasteiger partial charge in [-0.2, -0.15) is 0 Å². The lowest BCUT2D eigenvalue weighted by Crippen LogP contribution is -2.33. The van der Waals surface area contributed by atoms with Crippen molar-refractivity contribution in [2.24, 2.45) is 5.92 Å². The van der Waals surface area contributed by atoms with Gasteiger partial charge in [0.05, 0.1) is 5.52 Å². The molecule has 6 heteroatoms. The van der Waals surface area contributed by atoms with Gasteiger partial charge in [0, 0.05) is 6.54 Å². The lowest BCUT2D eigenvalue weighted by Gasteiger charge is -2.16. The summed E-state index contributed by atoms with van der Waals surface area (Å²) in [5, 5.41) is 2.84. The first kappa shape index (κ1) is 14.3. The first-order chi connectivity index (χ1) is 9.41. The van der Waals surface area contributed by atoms with Crippen LogP contribution in [-0.2, 0) is 4.79 Å². The zero-order chi connectivity index (χ0) is 14.9.